The first-order chi connectivity index (χ1) is 15.7. The Labute approximate surface area is 186 Å². The first kappa shape index (κ1) is 22.6. The third-order valence-corrected chi connectivity index (χ3v) is 5.47. The SMILES string of the molecule is Cn1ccc(-c2cn([C@@H]3O[C@H](C(=O)NCC[C@H](N)C(=O)O)[C@@H](O)[C@H]3O)c3ncnc(N)c23)n1. The molecular weight excluding hydrogens is 436 g/mol. The van der Waals surface area contributed by atoms with Gasteiger partial charge >= 0.3 is 5.97 Å². The molecule has 0 aliphatic carbocycles. The van der Waals surface area contributed by atoms with Gasteiger partial charge in [-0.05, 0) is 12.5 Å². The molecule has 14 nitrogen and oxygen atoms in total. The largest absolute Gasteiger partial charge is 0.480 e. The van der Waals surface area contributed by atoms with Crippen LogP contribution in [0.2, 0.25) is 0 Å². The van der Waals surface area contributed by atoms with Crippen molar-refractivity contribution in [2.24, 2.45) is 12.8 Å². The number of nitrogens with one attached hydrogen (secondary N) is 1. The number of carbonyl (C=O) groups is 2. The van der Waals surface area contributed by atoms with Crippen molar-refractivity contribution in [3.8, 4) is 11.3 Å². The predicted molar refractivity (Wildman–Crippen MR) is 113 cm³/mol. The second-order valence-corrected chi connectivity index (χ2v) is 7.74. The van der Waals surface area contributed by atoms with Crippen molar-refractivity contribution in [3.05, 3.63) is 24.8 Å². The molecule has 0 saturated carbocycles. The fraction of sp³-hybridized carbons (Fsp3) is 0.421. The number of nitrogens with zero attached hydrogens (tertiary/aromatic N) is 5. The van der Waals surface area contributed by atoms with Gasteiger partial charge in [-0.3, -0.25) is 14.3 Å². The van der Waals surface area contributed by atoms with Crippen molar-refractivity contribution in [3.63, 3.8) is 0 Å². The number of carbonyl (C=O) groups excluding carboxylic acids is 1. The van der Waals surface area contributed by atoms with E-state index in [4.69, 9.17) is 21.3 Å². The number of nitrogens with two attached hydrogens (primary N) is 2. The number of ether oxygens (including phenoxy) is 1. The average molecular weight is 460 g/mol. The van der Waals surface area contributed by atoms with Crippen molar-refractivity contribution in [2.75, 3.05) is 12.3 Å². The molecule has 3 aromatic heterocycles. The first-order valence-corrected chi connectivity index (χ1v) is 10.1. The van der Waals surface area contributed by atoms with Crippen molar-refractivity contribution < 1.29 is 29.6 Å². The molecular formula is C19H24N8O6. The van der Waals surface area contributed by atoms with Gasteiger partial charge in [-0.15, -0.1) is 0 Å². The zero-order valence-corrected chi connectivity index (χ0v) is 17.6. The highest BCUT2D eigenvalue weighted by Crippen LogP contribution is 2.37. The van der Waals surface area contributed by atoms with Gasteiger partial charge in [-0.2, -0.15) is 5.10 Å². The molecule has 4 rings (SSSR count). The second-order valence-electron chi connectivity index (χ2n) is 7.74. The summed E-state index contributed by atoms with van der Waals surface area (Å²) in [6.07, 6.45) is -0.966. The van der Waals surface area contributed by atoms with Gasteiger partial charge in [-0.25, -0.2) is 9.97 Å². The molecule has 5 atom stereocenters. The normalized spacial score (nSPS) is 23.6. The first-order valence-electron chi connectivity index (χ1n) is 10.1. The molecule has 1 fully saturated rings. The van der Waals surface area contributed by atoms with Crippen LogP contribution in [0, 0.1) is 0 Å². The molecule has 1 aliphatic rings. The molecule has 0 spiro atoms. The maximum absolute atomic E-state index is 12.5. The number of nitrogen functional groups attached to an aromatic ring is 1. The third-order valence-electron chi connectivity index (χ3n) is 5.47. The number of fused-ring (bicyclic) bond motifs is 1. The summed E-state index contributed by atoms with van der Waals surface area (Å²) in [4.78, 5) is 31.6. The lowest BCUT2D eigenvalue weighted by molar-refractivity contribution is -0.140. The Morgan fingerprint density at radius 2 is 2.06 bits per heavy atom. The van der Waals surface area contributed by atoms with Crippen molar-refractivity contribution in [1.82, 2.24) is 29.6 Å². The lowest BCUT2D eigenvalue weighted by Crippen LogP contribution is -2.44. The number of carboxylic acid groups (broad SMARTS) is 1. The topological polar surface area (TPSA) is 217 Å². The van der Waals surface area contributed by atoms with Crippen LogP contribution in [0.4, 0.5) is 5.82 Å². The summed E-state index contributed by atoms with van der Waals surface area (Å²) < 4.78 is 8.80. The molecule has 0 unspecified atom stereocenters. The number of anilines is 1. The minimum absolute atomic E-state index is 0.0122. The van der Waals surface area contributed by atoms with Gasteiger partial charge in [0, 0.05) is 31.5 Å². The zero-order chi connectivity index (χ0) is 23.9. The Morgan fingerprint density at radius 1 is 1.30 bits per heavy atom. The number of aliphatic hydroxyl groups excluding tert-OH is 2. The molecule has 176 valence electrons. The maximum Gasteiger partial charge on any atom is 0.320 e. The van der Waals surface area contributed by atoms with E-state index in [-0.39, 0.29) is 18.8 Å². The molecule has 0 radical (unpaired) electrons. The Kier molecular flexibility index (Phi) is 5.99. The number of aliphatic hydroxyl groups is 2. The van der Waals surface area contributed by atoms with E-state index in [1.165, 1.54) is 10.9 Å². The summed E-state index contributed by atoms with van der Waals surface area (Å²) in [5.74, 6) is -1.71. The Bertz CT molecular complexity index is 1190. The van der Waals surface area contributed by atoms with E-state index in [1.807, 2.05) is 0 Å². The van der Waals surface area contributed by atoms with Crippen molar-refractivity contribution in [2.45, 2.75) is 37.0 Å². The number of hydrogen-bond donors (Lipinski definition) is 6. The zero-order valence-electron chi connectivity index (χ0n) is 17.6. The van der Waals surface area contributed by atoms with Gasteiger partial charge in [0.2, 0.25) is 0 Å². The van der Waals surface area contributed by atoms with Gasteiger partial charge < -0.3 is 41.4 Å². The van der Waals surface area contributed by atoms with E-state index in [9.17, 15) is 19.8 Å². The molecule has 3 aromatic rings. The smallest absolute Gasteiger partial charge is 0.320 e. The summed E-state index contributed by atoms with van der Waals surface area (Å²) in [5.41, 5.74) is 13.0. The lowest BCUT2D eigenvalue weighted by atomic mass is 10.1. The number of hydrogen-bond acceptors (Lipinski definition) is 10. The van der Waals surface area contributed by atoms with Crippen molar-refractivity contribution >= 4 is 28.7 Å². The molecule has 8 N–H and O–H groups in total. The highest BCUT2D eigenvalue weighted by atomic mass is 16.6. The third kappa shape index (κ3) is 4.11. The fourth-order valence-electron chi connectivity index (χ4n) is 3.74. The average Bonchev–Trinajstić information content (AvgIpc) is 3.45. The number of aryl methyl sites for hydroxylation is 1. The summed E-state index contributed by atoms with van der Waals surface area (Å²) in [5, 5.41) is 37.3. The molecule has 1 amide bonds. The van der Waals surface area contributed by atoms with Crippen LogP contribution < -0.4 is 16.8 Å². The van der Waals surface area contributed by atoms with Crippen LogP contribution in [0.1, 0.15) is 12.6 Å². The van der Waals surface area contributed by atoms with Crippen LogP contribution in [-0.2, 0) is 21.4 Å². The van der Waals surface area contributed by atoms with Gasteiger partial charge in [0.1, 0.15) is 36.0 Å². The van der Waals surface area contributed by atoms with Crippen LogP contribution in [-0.4, -0.2) is 82.4 Å². The molecule has 0 aromatic carbocycles. The molecule has 14 heteroatoms. The van der Waals surface area contributed by atoms with Gasteiger partial charge in [0.05, 0.1) is 11.1 Å². The summed E-state index contributed by atoms with van der Waals surface area (Å²) in [6.45, 7) is -0.0420. The molecule has 33 heavy (non-hydrogen) atoms. The second kappa shape index (κ2) is 8.74. The lowest BCUT2D eigenvalue weighted by Gasteiger charge is -2.17. The van der Waals surface area contributed by atoms with Crippen molar-refractivity contribution in [1.29, 1.82) is 0 Å². The van der Waals surface area contributed by atoms with E-state index >= 15 is 0 Å². The monoisotopic (exact) mass is 460 g/mol. The Balaban J connectivity index is 1.61. The number of aromatic nitrogens is 5. The predicted octanol–water partition coefficient (Wildman–Crippen LogP) is -2.05. The quantitative estimate of drug-likeness (QED) is 0.225. The summed E-state index contributed by atoms with van der Waals surface area (Å²) in [6, 6.07) is 0.629. The number of rotatable bonds is 7. The van der Waals surface area contributed by atoms with Crippen LogP contribution in [0.25, 0.3) is 22.3 Å². The fourth-order valence-corrected chi connectivity index (χ4v) is 3.74. The molecule has 0 bridgehead atoms. The Hall–Kier alpha value is -3.59. The van der Waals surface area contributed by atoms with Crippen LogP contribution >= 0.6 is 0 Å². The number of amides is 1. The highest BCUT2D eigenvalue weighted by molar-refractivity contribution is 5.99. The standard InChI is InChI=1S/C19H24N8O6/c1-26-5-3-10(25-26)8-6-27(16-11(8)15(21)23-7-24-16)18-13(29)12(28)14(33-18)17(30)22-4-2-9(20)19(31)32/h3,5-7,9,12-14,18,28-29H,2,4,20H2,1H3,(H,22,30)(H,31,32)(H2,21,23,24)/t9-,12-,13+,14-,18+/m0/s1. The van der Waals surface area contributed by atoms with Gasteiger partial charge in [0.25, 0.3) is 5.91 Å². The minimum atomic E-state index is -1.54. The maximum atomic E-state index is 12.5. The van der Waals surface area contributed by atoms with Gasteiger partial charge in [0.15, 0.2) is 12.3 Å². The van der Waals surface area contributed by atoms with Gasteiger partial charge in [-0.1, -0.05) is 0 Å². The minimum Gasteiger partial charge on any atom is -0.480 e. The summed E-state index contributed by atoms with van der Waals surface area (Å²) in [7, 11) is 1.76. The van der Waals surface area contributed by atoms with Crippen LogP contribution in [0.15, 0.2) is 24.8 Å². The molecule has 1 saturated heterocycles. The summed E-state index contributed by atoms with van der Waals surface area (Å²) >= 11 is 0. The number of carboxylic acids is 1. The van der Waals surface area contributed by atoms with E-state index < -0.39 is 42.5 Å². The van der Waals surface area contributed by atoms with Crippen LogP contribution in [0.5, 0.6) is 0 Å². The highest BCUT2D eigenvalue weighted by Gasteiger charge is 2.47. The molecule has 1 aliphatic heterocycles. The number of aliphatic carboxylic acids is 1. The van der Waals surface area contributed by atoms with E-state index in [0.29, 0.717) is 22.3 Å². The van der Waals surface area contributed by atoms with E-state index in [2.05, 4.69) is 20.4 Å². The van der Waals surface area contributed by atoms with E-state index in [1.54, 1.807) is 30.2 Å². The molecule has 4 heterocycles. The van der Waals surface area contributed by atoms with E-state index in [0.717, 1.165) is 0 Å². The Morgan fingerprint density at radius 3 is 2.73 bits per heavy atom. The van der Waals surface area contributed by atoms with Crippen LogP contribution in [0.3, 0.4) is 0 Å².